The number of pyridine rings is 2. The van der Waals surface area contributed by atoms with Gasteiger partial charge in [0.2, 0.25) is 0 Å². The monoisotopic (exact) mass is 577 g/mol. The highest BCUT2D eigenvalue weighted by Gasteiger charge is 2.40. The van der Waals surface area contributed by atoms with E-state index in [0.717, 1.165) is 32.1 Å². The zero-order valence-electron chi connectivity index (χ0n) is 21.8. The van der Waals surface area contributed by atoms with Crippen molar-refractivity contribution in [2.24, 2.45) is 5.92 Å². The number of nitrogens with zero attached hydrogens (tertiary/aromatic N) is 3. The molecule has 0 radical (unpaired) electrons. The molecule has 2 aliphatic heterocycles. The Morgan fingerprint density at radius 1 is 1.23 bits per heavy atom. The van der Waals surface area contributed by atoms with Crippen LogP contribution in [0.4, 0.5) is 10.6 Å². The second-order valence-electron chi connectivity index (χ2n) is 10.2. The highest BCUT2D eigenvalue weighted by Crippen LogP contribution is 2.35. The molecule has 1 atom stereocenters. The van der Waals surface area contributed by atoms with E-state index in [4.69, 9.17) is 16.3 Å². The number of rotatable bonds is 9. The van der Waals surface area contributed by atoms with Crippen LogP contribution in [0.25, 0.3) is 5.76 Å². The summed E-state index contributed by atoms with van der Waals surface area (Å²) in [6, 6.07) is 7.41. The van der Waals surface area contributed by atoms with E-state index in [-0.39, 0.29) is 27.2 Å². The first-order valence-electron chi connectivity index (χ1n) is 12.7. The van der Waals surface area contributed by atoms with Gasteiger partial charge in [-0.05, 0) is 82.2 Å². The molecule has 210 valence electrons. The van der Waals surface area contributed by atoms with Crippen molar-refractivity contribution in [3.05, 3.63) is 52.8 Å². The number of sulfonamides is 1. The van der Waals surface area contributed by atoms with Crippen LogP contribution in [0, 0.1) is 5.92 Å². The summed E-state index contributed by atoms with van der Waals surface area (Å²) in [7, 11) is -4.28. The van der Waals surface area contributed by atoms with E-state index in [9.17, 15) is 23.1 Å². The van der Waals surface area contributed by atoms with E-state index < -0.39 is 22.0 Å². The lowest BCUT2D eigenvalue weighted by Crippen LogP contribution is -2.41. The normalized spacial score (nSPS) is 18.7. The van der Waals surface area contributed by atoms with E-state index in [1.54, 1.807) is 12.1 Å². The lowest BCUT2D eigenvalue weighted by atomic mass is 9.93. The fourth-order valence-corrected chi connectivity index (χ4v) is 6.07. The Bertz CT molecular complexity index is 1380. The van der Waals surface area contributed by atoms with Crippen molar-refractivity contribution in [2.45, 2.75) is 56.5 Å². The molecule has 39 heavy (non-hydrogen) atoms. The van der Waals surface area contributed by atoms with Crippen LogP contribution in [-0.4, -0.2) is 65.6 Å². The molecule has 1 saturated heterocycles. The van der Waals surface area contributed by atoms with E-state index in [1.165, 1.54) is 23.1 Å². The van der Waals surface area contributed by atoms with E-state index in [0.29, 0.717) is 37.0 Å². The topological polar surface area (TPSA) is 151 Å². The summed E-state index contributed by atoms with van der Waals surface area (Å²) in [6.07, 6.45) is 5.11. The molecule has 13 heteroatoms. The van der Waals surface area contributed by atoms with Gasteiger partial charge in [0, 0.05) is 18.6 Å². The lowest BCUT2D eigenvalue weighted by Gasteiger charge is -2.28. The Labute approximate surface area is 232 Å². The predicted molar refractivity (Wildman–Crippen MR) is 146 cm³/mol. The molecular formula is C26H32ClN5O6S. The van der Waals surface area contributed by atoms with Crippen LogP contribution in [0.1, 0.15) is 62.0 Å². The van der Waals surface area contributed by atoms with Crippen LogP contribution in [0.15, 0.2) is 41.4 Å². The molecule has 0 bridgehead atoms. The standard InChI is InChI=1S/C26H32ClN5O6S/c1-26(2)15-17(16-32(26)25(34)35)7-6-13-28-21-9-5-10-22(30-21)39(36,37)31-24(33)18-11-12-19(29-23(18)27)20-8-3-4-14-38-20/h5,8-12,17H,3-4,6-7,13-16H2,1-2H3,(H,28,30)(H,31,33)(H,34,35)/t17-/m0/s1. The number of aromatic nitrogens is 2. The molecule has 0 saturated carbocycles. The molecule has 11 nitrogen and oxygen atoms in total. The largest absolute Gasteiger partial charge is 0.492 e. The zero-order valence-corrected chi connectivity index (χ0v) is 23.4. The number of hydrogen-bond acceptors (Lipinski definition) is 8. The summed E-state index contributed by atoms with van der Waals surface area (Å²) in [5, 5.41) is 12.0. The molecule has 2 aliphatic rings. The van der Waals surface area contributed by atoms with Crippen molar-refractivity contribution in [3.63, 3.8) is 0 Å². The maximum Gasteiger partial charge on any atom is 0.407 e. The fourth-order valence-electron chi connectivity index (χ4n) is 4.89. The highest BCUT2D eigenvalue weighted by molar-refractivity contribution is 7.90. The number of halogens is 1. The van der Waals surface area contributed by atoms with Crippen LogP contribution in [0.2, 0.25) is 5.15 Å². The third kappa shape index (κ3) is 6.99. The number of carbonyl (C=O) groups excluding carboxylic acids is 1. The van der Waals surface area contributed by atoms with Crippen molar-refractivity contribution in [3.8, 4) is 0 Å². The van der Waals surface area contributed by atoms with Gasteiger partial charge >= 0.3 is 6.09 Å². The third-order valence-corrected chi connectivity index (χ3v) is 8.31. The van der Waals surface area contributed by atoms with Crippen LogP contribution in [0.3, 0.4) is 0 Å². The summed E-state index contributed by atoms with van der Waals surface area (Å²) in [4.78, 5) is 34.0. The molecule has 2 aromatic heterocycles. The van der Waals surface area contributed by atoms with Gasteiger partial charge < -0.3 is 20.1 Å². The number of nitrogens with one attached hydrogen (secondary N) is 2. The molecule has 2 aromatic rings. The lowest BCUT2D eigenvalue weighted by molar-refractivity contribution is 0.0980. The first kappa shape index (κ1) is 28.6. The van der Waals surface area contributed by atoms with E-state index in [1.807, 2.05) is 24.6 Å². The van der Waals surface area contributed by atoms with Gasteiger partial charge in [-0.15, -0.1) is 0 Å². The number of hydrogen-bond donors (Lipinski definition) is 3. The average molecular weight is 578 g/mol. The van der Waals surface area contributed by atoms with Gasteiger partial charge in [-0.1, -0.05) is 17.7 Å². The number of likely N-dealkylation sites (tertiary alicyclic amines) is 1. The van der Waals surface area contributed by atoms with Gasteiger partial charge in [0.15, 0.2) is 5.03 Å². The summed E-state index contributed by atoms with van der Waals surface area (Å²) >= 11 is 6.19. The maximum atomic E-state index is 12.9. The van der Waals surface area contributed by atoms with Crippen molar-refractivity contribution in [1.82, 2.24) is 19.6 Å². The SMILES string of the molecule is CC1(C)C[C@H](CCCNc2cccc(S(=O)(=O)NC(=O)c3ccc(C4=CCCCO4)nc3Cl)n2)CN1C(=O)O. The molecule has 4 rings (SSSR count). The number of amides is 2. The van der Waals surface area contributed by atoms with E-state index in [2.05, 4.69) is 15.3 Å². The van der Waals surface area contributed by atoms with Gasteiger partial charge in [-0.3, -0.25) is 4.79 Å². The molecule has 0 aliphatic carbocycles. The second kappa shape index (κ2) is 11.8. The number of anilines is 1. The van der Waals surface area contributed by atoms with E-state index >= 15 is 0 Å². The summed E-state index contributed by atoms with van der Waals surface area (Å²) in [5.41, 5.74) is -0.0101. The molecule has 0 aromatic carbocycles. The Hall–Kier alpha value is -3.38. The first-order valence-corrected chi connectivity index (χ1v) is 14.6. The molecular weight excluding hydrogens is 546 g/mol. The Morgan fingerprint density at radius 3 is 2.69 bits per heavy atom. The second-order valence-corrected chi connectivity index (χ2v) is 12.2. The summed E-state index contributed by atoms with van der Waals surface area (Å²) in [5.74, 6) is 0.252. The van der Waals surface area contributed by atoms with Gasteiger partial charge in [0.25, 0.3) is 15.9 Å². The van der Waals surface area contributed by atoms with Crippen LogP contribution in [0.5, 0.6) is 0 Å². The van der Waals surface area contributed by atoms with Crippen molar-refractivity contribution in [1.29, 1.82) is 0 Å². The van der Waals surface area contributed by atoms with Crippen molar-refractivity contribution < 1.29 is 27.9 Å². The van der Waals surface area contributed by atoms with Gasteiger partial charge in [-0.25, -0.2) is 19.5 Å². The highest BCUT2D eigenvalue weighted by atomic mass is 35.5. The van der Waals surface area contributed by atoms with Gasteiger partial charge in [0.1, 0.15) is 22.4 Å². The smallest absolute Gasteiger partial charge is 0.407 e. The molecule has 2 amide bonds. The van der Waals surface area contributed by atoms with Crippen LogP contribution >= 0.6 is 11.6 Å². The minimum absolute atomic E-state index is 0.0914. The minimum Gasteiger partial charge on any atom is -0.492 e. The molecule has 3 N–H and O–H groups in total. The third-order valence-electron chi connectivity index (χ3n) is 6.79. The van der Waals surface area contributed by atoms with Crippen LogP contribution in [-0.2, 0) is 14.8 Å². The fraction of sp³-hybridized carbons (Fsp3) is 0.462. The molecule has 0 spiro atoms. The number of ether oxygens (including phenoxy) is 1. The van der Waals surface area contributed by atoms with Crippen molar-refractivity contribution in [2.75, 3.05) is 25.0 Å². The molecule has 1 fully saturated rings. The minimum atomic E-state index is -4.28. The van der Waals surface area contributed by atoms with Gasteiger partial charge in [0.05, 0.1) is 12.2 Å². The summed E-state index contributed by atoms with van der Waals surface area (Å²) in [6.45, 7) is 5.45. The summed E-state index contributed by atoms with van der Waals surface area (Å²) < 4.78 is 33.3. The average Bonchev–Trinajstić information content (AvgIpc) is 3.21. The predicted octanol–water partition coefficient (Wildman–Crippen LogP) is 4.37. The molecule has 4 heterocycles. The van der Waals surface area contributed by atoms with Crippen molar-refractivity contribution >= 4 is 45.2 Å². The Kier molecular flexibility index (Phi) is 8.65. The van der Waals surface area contributed by atoms with Crippen LogP contribution < -0.4 is 10.0 Å². The number of carbonyl (C=O) groups is 2. The molecule has 0 unspecified atom stereocenters. The Morgan fingerprint density at radius 2 is 2.03 bits per heavy atom. The Balaban J connectivity index is 1.33. The first-order chi connectivity index (χ1) is 18.5. The zero-order chi connectivity index (χ0) is 28.2. The maximum absolute atomic E-state index is 12.9. The quantitative estimate of drug-likeness (QED) is 0.291. The van der Waals surface area contributed by atoms with Gasteiger partial charge in [-0.2, -0.15) is 8.42 Å². The number of allylic oxidation sites excluding steroid dienone is 1. The number of carboxylic acid groups (broad SMARTS) is 1.